The van der Waals surface area contributed by atoms with Crippen molar-refractivity contribution in [2.75, 3.05) is 25.1 Å². The van der Waals surface area contributed by atoms with Gasteiger partial charge in [0.05, 0.1) is 25.4 Å². The maximum absolute atomic E-state index is 12.5. The summed E-state index contributed by atoms with van der Waals surface area (Å²) in [4.78, 5) is 0. The number of benzene rings is 1. The van der Waals surface area contributed by atoms with Crippen molar-refractivity contribution in [2.24, 2.45) is 0 Å². The lowest BCUT2D eigenvalue weighted by molar-refractivity contribution is -0.137. The third-order valence-corrected chi connectivity index (χ3v) is 3.26. The summed E-state index contributed by atoms with van der Waals surface area (Å²) < 4.78 is 37.5. The van der Waals surface area contributed by atoms with Crippen molar-refractivity contribution in [3.63, 3.8) is 0 Å². The van der Waals surface area contributed by atoms with Gasteiger partial charge in [-0.3, -0.25) is 0 Å². The van der Waals surface area contributed by atoms with E-state index in [0.717, 1.165) is 18.2 Å². The highest BCUT2D eigenvalue weighted by Gasteiger charge is 2.32. The molecule has 8 heteroatoms. The number of alkyl halides is 3. The van der Waals surface area contributed by atoms with Gasteiger partial charge >= 0.3 is 6.18 Å². The first-order valence-electron chi connectivity index (χ1n) is 5.25. The maximum Gasteiger partial charge on any atom is 0.416 e. The molecule has 0 aliphatic carbocycles. The molecule has 0 aliphatic heterocycles. The molecule has 19 heavy (non-hydrogen) atoms. The molecule has 0 unspecified atom stereocenters. The summed E-state index contributed by atoms with van der Waals surface area (Å²) in [5, 5.41) is 30.0. The first kappa shape index (κ1) is 16.2. The van der Waals surface area contributed by atoms with Gasteiger partial charge in [-0.25, -0.2) is 0 Å². The van der Waals surface area contributed by atoms with E-state index in [2.05, 4.69) is 21.2 Å². The van der Waals surface area contributed by atoms with Gasteiger partial charge in [0.2, 0.25) is 0 Å². The van der Waals surface area contributed by atoms with Crippen LogP contribution in [0.2, 0.25) is 0 Å². The van der Waals surface area contributed by atoms with E-state index in [1.54, 1.807) is 0 Å². The molecule has 0 amide bonds. The lowest BCUT2D eigenvalue weighted by atomic mass is 10.0. The Labute approximate surface area is 116 Å². The van der Waals surface area contributed by atoms with Crippen LogP contribution in [-0.2, 0) is 6.18 Å². The van der Waals surface area contributed by atoms with Gasteiger partial charge in [0.1, 0.15) is 5.54 Å². The highest BCUT2D eigenvalue weighted by atomic mass is 79.9. The molecule has 0 radical (unpaired) electrons. The van der Waals surface area contributed by atoms with Gasteiger partial charge in [0.25, 0.3) is 0 Å². The van der Waals surface area contributed by atoms with Crippen LogP contribution in [0.3, 0.4) is 0 Å². The van der Waals surface area contributed by atoms with Crippen LogP contribution < -0.4 is 5.32 Å². The molecule has 1 rings (SSSR count). The zero-order valence-corrected chi connectivity index (χ0v) is 11.3. The summed E-state index contributed by atoms with van der Waals surface area (Å²) in [7, 11) is 0. The zero-order valence-electron chi connectivity index (χ0n) is 9.71. The van der Waals surface area contributed by atoms with Crippen LogP contribution in [0.1, 0.15) is 5.56 Å². The Morgan fingerprint density at radius 3 is 1.95 bits per heavy atom. The molecule has 0 aromatic heterocycles. The second-order valence-corrected chi connectivity index (χ2v) is 4.93. The standard InChI is InChI=1S/C11H13BrF3NO3/c12-8-3-7(11(13,14)15)1-2-9(8)16-10(4-17,5-18)6-19/h1-3,16-19H,4-6H2. The maximum atomic E-state index is 12.5. The fourth-order valence-electron chi connectivity index (χ4n) is 1.35. The van der Waals surface area contributed by atoms with Crippen LogP contribution in [0.4, 0.5) is 18.9 Å². The smallest absolute Gasteiger partial charge is 0.394 e. The molecular weight excluding hydrogens is 331 g/mol. The molecule has 0 fully saturated rings. The predicted octanol–water partition coefficient (Wildman–Crippen LogP) is 1.60. The average molecular weight is 344 g/mol. The van der Waals surface area contributed by atoms with Crippen LogP contribution in [0.25, 0.3) is 0 Å². The van der Waals surface area contributed by atoms with Crippen LogP contribution in [-0.4, -0.2) is 40.7 Å². The first-order chi connectivity index (χ1) is 8.78. The molecular formula is C11H13BrF3NO3. The van der Waals surface area contributed by atoms with Gasteiger partial charge < -0.3 is 20.6 Å². The number of halogens is 4. The number of hydrogen-bond acceptors (Lipinski definition) is 4. The van der Waals surface area contributed by atoms with Gasteiger partial charge in [-0.1, -0.05) is 0 Å². The zero-order chi connectivity index (χ0) is 14.7. The second kappa shape index (κ2) is 6.08. The minimum absolute atomic E-state index is 0.113. The highest BCUT2D eigenvalue weighted by Crippen LogP contribution is 2.34. The van der Waals surface area contributed by atoms with Crippen molar-refractivity contribution in [3.8, 4) is 0 Å². The predicted molar refractivity (Wildman–Crippen MR) is 66.8 cm³/mol. The second-order valence-electron chi connectivity index (χ2n) is 4.07. The molecule has 0 saturated carbocycles. The SMILES string of the molecule is OCC(CO)(CO)Nc1ccc(C(F)(F)F)cc1Br. The Hall–Kier alpha value is -0.830. The topological polar surface area (TPSA) is 72.7 Å². The van der Waals surface area contributed by atoms with Gasteiger partial charge in [-0.2, -0.15) is 13.2 Å². The molecule has 4 nitrogen and oxygen atoms in total. The van der Waals surface area contributed by atoms with Crippen LogP contribution >= 0.6 is 15.9 Å². The van der Waals surface area contributed by atoms with E-state index in [-0.39, 0.29) is 10.2 Å². The fraction of sp³-hybridized carbons (Fsp3) is 0.455. The minimum Gasteiger partial charge on any atom is -0.394 e. The van der Waals surface area contributed by atoms with Crippen LogP contribution in [0.15, 0.2) is 22.7 Å². The number of nitrogens with one attached hydrogen (secondary N) is 1. The summed E-state index contributed by atoms with van der Waals surface area (Å²) in [5.41, 5.74) is -2.00. The number of hydrogen-bond donors (Lipinski definition) is 4. The van der Waals surface area contributed by atoms with Crippen LogP contribution in [0.5, 0.6) is 0 Å². The summed E-state index contributed by atoms with van der Waals surface area (Å²) >= 11 is 2.97. The normalized spacial score (nSPS) is 12.6. The number of aliphatic hydroxyl groups excluding tert-OH is 3. The number of rotatable bonds is 5. The van der Waals surface area contributed by atoms with Crippen molar-refractivity contribution in [1.82, 2.24) is 0 Å². The molecule has 108 valence electrons. The minimum atomic E-state index is -4.46. The molecule has 1 aromatic carbocycles. The molecule has 0 saturated heterocycles. The van der Waals surface area contributed by atoms with Gasteiger partial charge in [0, 0.05) is 10.2 Å². The van der Waals surface area contributed by atoms with Crippen molar-refractivity contribution in [3.05, 3.63) is 28.2 Å². The van der Waals surface area contributed by atoms with E-state index in [0.29, 0.717) is 0 Å². The Morgan fingerprint density at radius 2 is 1.58 bits per heavy atom. The molecule has 1 aromatic rings. The Balaban J connectivity index is 3.04. The monoisotopic (exact) mass is 343 g/mol. The summed E-state index contributed by atoms with van der Waals surface area (Å²) in [6.07, 6.45) is -4.46. The molecule has 0 heterocycles. The van der Waals surface area contributed by atoms with Crippen molar-refractivity contribution < 1.29 is 28.5 Å². The van der Waals surface area contributed by atoms with E-state index in [1.807, 2.05) is 0 Å². The lowest BCUT2D eigenvalue weighted by Gasteiger charge is -2.30. The summed E-state index contributed by atoms with van der Waals surface area (Å²) in [5.74, 6) is 0. The molecule has 4 N–H and O–H groups in total. The Morgan fingerprint density at radius 1 is 1.05 bits per heavy atom. The molecule has 0 aliphatic rings. The number of aliphatic hydroxyl groups is 3. The van der Waals surface area contributed by atoms with E-state index in [4.69, 9.17) is 15.3 Å². The van der Waals surface area contributed by atoms with Crippen molar-refractivity contribution >= 4 is 21.6 Å². The lowest BCUT2D eigenvalue weighted by Crippen LogP contribution is -2.49. The van der Waals surface area contributed by atoms with Crippen LogP contribution in [0, 0.1) is 0 Å². The van der Waals surface area contributed by atoms with Gasteiger partial charge in [0.15, 0.2) is 0 Å². The van der Waals surface area contributed by atoms with Crippen molar-refractivity contribution in [1.29, 1.82) is 0 Å². The van der Waals surface area contributed by atoms with E-state index in [1.165, 1.54) is 0 Å². The largest absolute Gasteiger partial charge is 0.416 e. The van der Waals surface area contributed by atoms with Crippen molar-refractivity contribution in [2.45, 2.75) is 11.7 Å². The summed E-state index contributed by atoms with van der Waals surface area (Å²) in [6, 6.07) is 2.89. The fourth-order valence-corrected chi connectivity index (χ4v) is 1.82. The van der Waals surface area contributed by atoms with E-state index < -0.39 is 37.1 Å². The first-order valence-corrected chi connectivity index (χ1v) is 6.05. The van der Waals surface area contributed by atoms with Gasteiger partial charge in [-0.15, -0.1) is 0 Å². The highest BCUT2D eigenvalue weighted by molar-refractivity contribution is 9.10. The third-order valence-electron chi connectivity index (χ3n) is 2.60. The van der Waals surface area contributed by atoms with Gasteiger partial charge in [-0.05, 0) is 34.1 Å². The molecule has 0 atom stereocenters. The third kappa shape index (κ3) is 3.82. The summed E-state index contributed by atoms with van der Waals surface area (Å²) in [6.45, 7) is -1.73. The molecule has 0 spiro atoms. The quantitative estimate of drug-likeness (QED) is 0.655. The number of anilines is 1. The average Bonchev–Trinajstić information content (AvgIpc) is 2.37. The Bertz CT molecular complexity index is 427. The van der Waals surface area contributed by atoms with E-state index in [9.17, 15) is 13.2 Å². The molecule has 0 bridgehead atoms. The Kier molecular flexibility index (Phi) is 5.19. The van der Waals surface area contributed by atoms with E-state index >= 15 is 0 Å².